The fraction of sp³-hybridized carbons (Fsp3) is 0.143. The molecule has 0 atom stereocenters. The Morgan fingerprint density at radius 2 is 1.52 bits per heavy atom. The van der Waals surface area contributed by atoms with E-state index in [1.807, 2.05) is 0 Å². The van der Waals surface area contributed by atoms with Gasteiger partial charge in [-0.2, -0.15) is 8.78 Å². The highest BCUT2D eigenvalue weighted by Gasteiger charge is 2.11. The first-order valence-corrected chi connectivity index (χ1v) is 5.88. The summed E-state index contributed by atoms with van der Waals surface area (Å²) in [6.45, 7) is -2.88. The third-order valence-electron chi connectivity index (χ3n) is 2.62. The molecule has 0 aliphatic carbocycles. The van der Waals surface area contributed by atoms with E-state index in [-0.39, 0.29) is 12.3 Å². The molecule has 0 unspecified atom stereocenters. The molecule has 2 nitrogen and oxygen atoms in total. The smallest absolute Gasteiger partial charge is 0.387 e. The maximum absolute atomic E-state index is 13.4. The van der Waals surface area contributed by atoms with Gasteiger partial charge in [0, 0.05) is 18.7 Å². The van der Waals surface area contributed by atoms with Crippen LogP contribution in [-0.4, -0.2) is 6.61 Å². The Labute approximate surface area is 117 Å². The minimum atomic E-state index is -2.92. The van der Waals surface area contributed by atoms with E-state index in [2.05, 4.69) is 10.1 Å². The molecule has 0 spiro atoms. The number of benzene rings is 2. The first-order chi connectivity index (χ1) is 9.95. The Kier molecular flexibility index (Phi) is 4.62. The van der Waals surface area contributed by atoms with Gasteiger partial charge in [-0.05, 0) is 17.7 Å². The van der Waals surface area contributed by atoms with E-state index < -0.39 is 29.8 Å². The summed E-state index contributed by atoms with van der Waals surface area (Å²) in [5.41, 5.74) is 0.129. The van der Waals surface area contributed by atoms with Crippen molar-refractivity contribution in [3.8, 4) is 5.75 Å². The van der Waals surface area contributed by atoms with Crippen LogP contribution in [0, 0.1) is 17.5 Å². The van der Waals surface area contributed by atoms with Crippen LogP contribution >= 0.6 is 0 Å². The first kappa shape index (κ1) is 15.1. The molecule has 0 aromatic heterocycles. The lowest BCUT2D eigenvalue weighted by Gasteiger charge is -2.10. The molecule has 21 heavy (non-hydrogen) atoms. The Bertz CT molecular complexity index is 592. The van der Waals surface area contributed by atoms with Crippen LogP contribution in [0.3, 0.4) is 0 Å². The Hall–Kier alpha value is -2.31. The summed E-state index contributed by atoms with van der Waals surface area (Å²) in [5, 5.41) is 2.48. The van der Waals surface area contributed by atoms with Crippen LogP contribution in [-0.2, 0) is 6.54 Å². The molecular weight excluding hydrogens is 293 g/mol. The Morgan fingerprint density at radius 3 is 2.05 bits per heavy atom. The van der Waals surface area contributed by atoms with Gasteiger partial charge in [-0.1, -0.05) is 12.1 Å². The minimum Gasteiger partial charge on any atom is -0.435 e. The van der Waals surface area contributed by atoms with E-state index >= 15 is 0 Å². The molecule has 2 rings (SSSR count). The number of halogens is 5. The molecular formula is C14H10F5NO. The predicted octanol–water partition coefficient (Wildman–Crippen LogP) is 4.32. The highest BCUT2D eigenvalue weighted by atomic mass is 19.3. The van der Waals surface area contributed by atoms with Gasteiger partial charge in [0.15, 0.2) is 11.6 Å². The topological polar surface area (TPSA) is 21.3 Å². The Morgan fingerprint density at radius 1 is 0.952 bits per heavy atom. The third kappa shape index (κ3) is 4.08. The highest BCUT2D eigenvalue weighted by Crippen LogP contribution is 2.21. The highest BCUT2D eigenvalue weighted by molar-refractivity contribution is 5.47. The number of nitrogens with one attached hydrogen (secondary N) is 1. The summed E-state index contributed by atoms with van der Waals surface area (Å²) in [6.07, 6.45) is 0. The van der Waals surface area contributed by atoms with Gasteiger partial charge >= 0.3 is 6.61 Å². The molecule has 2 aromatic rings. The van der Waals surface area contributed by atoms with Crippen molar-refractivity contribution < 1.29 is 26.7 Å². The normalized spacial score (nSPS) is 10.8. The Balaban J connectivity index is 2.03. The fourth-order valence-electron chi connectivity index (χ4n) is 1.69. The molecule has 2 aromatic carbocycles. The second-order valence-electron chi connectivity index (χ2n) is 4.12. The average molecular weight is 303 g/mol. The van der Waals surface area contributed by atoms with Crippen molar-refractivity contribution >= 4 is 5.69 Å². The van der Waals surface area contributed by atoms with Crippen LogP contribution < -0.4 is 10.1 Å². The summed E-state index contributed by atoms with van der Waals surface area (Å²) >= 11 is 0. The lowest BCUT2D eigenvalue weighted by atomic mass is 10.2. The monoisotopic (exact) mass is 303 g/mol. The third-order valence-corrected chi connectivity index (χ3v) is 2.62. The number of anilines is 1. The van der Waals surface area contributed by atoms with Crippen molar-refractivity contribution in [2.75, 3.05) is 5.32 Å². The number of hydrogen-bond acceptors (Lipinski definition) is 2. The molecule has 0 aliphatic rings. The van der Waals surface area contributed by atoms with Gasteiger partial charge in [-0.3, -0.25) is 0 Å². The number of alkyl halides is 2. The molecule has 0 bridgehead atoms. The van der Waals surface area contributed by atoms with Gasteiger partial charge in [0.1, 0.15) is 17.3 Å². The molecule has 0 amide bonds. The average Bonchev–Trinajstić information content (AvgIpc) is 2.38. The van der Waals surface area contributed by atoms with Gasteiger partial charge in [-0.25, -0.2) is 13.2 Å². The second kappa shape index (κ2) is 6.43. The zero-order chi connectivity index (χ0) is 15.4. The molecule has 0 fully saturated rings. The van der Waals surface area contributed by atoms with E-state index in [1.54, 1.807) is 0 Å². The van der Waals surface area contributed by atoms with Crippen molar-refractivity contribution in [3.63, 3.8) is 0 Å². The number of ether oxygens (including phenoxy) is 1. The van der Waals surface area contributed by atoms with Gasteiger partial charge in [0.2, 0.25) is 0 Å². The minimum absolute atomic E-state index is 0.0205. The van der Waals surface area contributed by atoms with E-state index in [1.165, 1.54) is 24.3 Å². The van der Waals surface area contributed by atoms with Gasteiger partial charge < -0.3 is 10.1 Å². The number of rotatable bonds is 5. The van der Waals surface area contributed by atoms with Crippen LogP contribution in [0.1, 0.15) is 5.56 Å². The quantitative estimate of drug-likeness (QED) is 0.831. The summed E-state index contributed by atoms with van der Waals surface area (Å²) in [5.74, 6) is -3.13. The van der Waals surface area contributed by atoms with Crippen molar-refractivity contribution in [2.45, 2.75) is 13.2 Å². The van der Waals surface area contributed by atoms with E-state index in [0.29, 0.717) is 17.7 Å². The summed E-state index contributed by atoms with van der Waals surface area (Å²) < 4.78 is 67.6. The van der Waals surface area contributed by atoms with Crippen LogP contribution in [0.25, 0.3) is 0 Å². The molecule has 0 saturated carbocycles. The summed E-state index contributed by atoms with van der Waals surface area (Å²) in [7, 11) is 0. The first-order valence-electron chi connectivity index (χ1n) is 5.88. The molecule has 0 radical (unpaired) electrons. The van der Waals surface area contributed by atoms with Crippen LogP contribution in [0.5, 0.6) is 5.75 Å². The lowest BCUT2D eigenvalue weighted by molar-refractivity contribution is -0.0498. The van der Waals surface area contributed by atoms with Gasteiger partial charge in [-0.15, -0.1) is 0 Å². The summed E-state index contributed by atoms with van der Waals surface area (Å²) in [4.78, 5) is 0. The molecule has 1 N–H and O–H groups in total. The van der Waals surface area contributed by atoms with Crippen molar-refractivity contribution in [2.24, 2.45) is 0 Å². The van der Waals surface area contributed by atoms with Crippen molar-refractivity contribution in [1.29, 1.82) is 0 Å². The van der Waals surface area contributed by atoms with E-state index in [0.717, 1.165) is 0 Å². The zero-order valence-electron chi connectivity index (χ0n) is 10.5. The molecule has 0 saturated heterocycles. The SMILES string of the molecule is Fc1cc(F)c(NCc2ccc(OC(F)F)cc2)c(F)c1. The molecule has 0 heterocycles. The predicted molar refractivity (Wildman–Crippen MR) is 66.7 cm³/mol. The van der Waals surface area contributed by atoms with Gasteiger partial charge in [0.05, 0.1) is 0 Å². The maximum atomic E-state index is 13.4. The largest absolute Gasteiger partial charge is 0.435 e. The van der Waals surface area contributed by atoms with Crippen LogP contribution in [0.2, 0.25) is 0 Å². The van der Waals surface area contributed by atoms with E-state index in [9.17, 15) is 22.0 Å². The van der Waals surface area contributed by atoms with E-state index in [4.69, 9.17) is 0 Å². The zero-order valence-corrected chi connectivity index (χ0v) is 10.5. The van der Waals surface area contributed by atoms with Crippen LogP contribution in [0.4, 0.5) is 27.6 Å². The molecule has 0 aliphatic heterocycles. The van der Waals surface area contributed by atoms with Crippen molar-refractivity contribution in [1.82, 2.24) is 0 Å². The molecule has 7 heteroatoms. The van der Waals surface area contributed by atoms with Crippen molar-refractivity contribution in [3.05, 3.63) is 59.4 Å². The second-order valence-corrected chi connectivity index (χ2v) is 4.12. The fourth-order valence-corrected chi connectivity index (χ4v) is 1.69. The van der Waals surface area contributed by atoms with Crippen LogP contribution in [0.15, 0.2) is 36.4 Å². The molecule has 112 valence electrons. The maximum Gasteiger partial charge on any atom is 0.387 e. The lowest BCUT2D eigenvalue weighted by Crippen LogP contribution is -2.05. The van der Waals surface area contributed by atoms with Gasteiger partial charge in [0.25, 0.3) is 0 Å². The standard InChI is InChI=1S/C14H10F5NO/c15-9-5-11(16)13(12(17)6-9)20-7-8-1-3-10(4-2-8)21-14(18)19/h1-6,14,20H,7H2. The number of hydrogen-bond donors (Lipinski definition) is 1. The summed E-state index contributed by atoms with van der Waals surface area (Å²) in [6, 6.07) is 6.66.